The molecule has 1 N–H and O–H groups in total. The van der Waals surface area contributed by atoms with Crippen molar-refractivity contribution < 1.29 is 0 Å². The Morgan fingerprint density at radius 3 is 3.11 bits per heavy atom. The van der Waals surface area contributed by atoms with E-state index in [1.54, 1.807) is 4.88 Å². The molecule has 1 unspecified atom stereocenters. The van der Waals surface area contributed by atoms with Gasteiger partial charge in [0.15, 0.2) is 0 Å². The van der Waals surface area contributed by atoms with Crippen LogP contribution in [0.4, 0.5) is 5.69 Å². The third kappa shape index (κ3) is 2.54. The van der Waals surface area contributed by atoms with E-state index in [0.29, 0.717) is 6.04 Å². The Bertz CT molecular complexity index is 565. The molecule has 0 amide bonds. The number of nitrogens with one attached hydrogen (secondary N) is 1. The van der Waals surface area contributed by atoms with Gasteiger partial charge in [-0.3, -0.25) is 4.98 Å². The van der Waals surface area contributed by atoms with Crippen molar-refractivity contribution >= 4 is 39.6 Å². The highest BCUT2D eigenvalue weighted by Crippen LogP contribution is 2.37. The summed E-state index contributed by atoms with van der Waals surface area (Å²) in [5, 5.41) is 3.63. The number of anilines is 1. The average molecular weight is 370 g/mol. The van der Waals surface area contributed by atoms with E-state index < -0.39 is 0 Å². The van der Waals surface area contributed by atoms with Crippen molar-refractivity contribution in [3.05, 3.63) is 43.4 Å². The number of nitrogens with zero attached hydrogens (tertiary/aromatic N) is 1. The lowest BCUT2D eigenvalue weighted by atomic mass is 9.94. The van der Waals surface area contributed by atoms with Gasteiger partial charge in [0.1, 0.15) is 0 Å². The summed E-state index contributed by atoms with van der Waals surface area (Å²) in [5.41, 5.74) is 3.84. The smallest absolute Gasteiger partial charge is 0.0660 e. The summed E-state index contributed by atoms with van der Waals surface area (Å²) >= 11 is 4.36. The number of halogens is 1. The topological polar surface area (TPSA) is 24.9 Å². The van der Waals surface area contributed by atoms with E-state index >= 15 is 0 Å². The average Bonchev–Trinajstić information content (AvgIpc) is 2.71. The number of pyridine rings is 1. The van der Waals surface area contributed by atoms with E-state index in [2.05, 4.69) is 51.9 Å². The maximum Gasteiger partial charge on any atom is 0.0660 e. The van der Waals surface area contributed by atoms with E-state index in [0.717, 1.165) is 5.69 Å². The van der Waals surface area contributed by atoms with Crippen LogP contribution in [-0.2, 0) is 6.42 Å². The Morgan fingerprint density at radius 2 is 2.28 bits per heavy atom. The van der Waals surface area contributed by atoms with Crippen molar-refractivity contribution in [2.45, 2.75) is 32.2 Å². The predicted molar refractivity (Wildman–Crippen MR) is 85.3 cm³/mol. The van der Waals surface area contributed by atoms with Gasteiger partial charge < -0.3 is 5.32 Å². The molecule has 1 aliphatic rings. The molecule has 0 aliphatic heterocycles. The summed E-state index contributed by atoms with van der Waals surface area (Å²) in [6, 6.07) is 4.95. The fourth-order valence-corrected chi connectivity index (χ4v) is 4.63. The molecule has 0 radical (unpaired) electrons. The molecule has 2 nitrogen and oxygen atoms in total. The van der Waals surface area contributed by atoms with Gasteiger partial charge in [-0.15, -0.1) is 11.3 Å². The monoisotopic (exact) mass is 370 g/mol. The number of thiophene rings is 1. The molecular weight excluding hydrogens is 355 g/mol. The SMILES string of the molecule is Cc1cncc(NC2CCCc3sc(I)cc32)c1. The first-order valence-corrected chi connectivity index (χ1v) is 8.08. The first kappa shape index (κ1) is 12.4. The summed E-state index contributed by atoms with van der Waals surface area (Å²) in [6.45, 7) is 2.08. The van der Waals surface area contributed by atoms with Gasteiger partial charge in [-0.2, -0.15) is 0 Å². The summed E-state index contributed by atoms with van der Waals surface area (Å²) in [4.78, 5) is 5.81. The van der Waals surface area contributed by atoms with Crippen LogP contribution in [0.2, 0.25) is 0 Å². The Labute approximate surface area is 125 Å². The van der Waals surface area contributed by atoms with E-state index in [1.807, 2.05) is 23.7 Å². The van der Waals surface area contributed by atoms with Crippen LogP contribution >= 0.6 is 33.9 Å². The maximum atomic E-state index is 4.25. The van der Waals surface area contributed by atoms with Crippen LogP contribution in [0.5, 0.6) is 0 Å². The first-order chi connectivity index (χ1) is 8.72. The highest BCUT2D eigenvalue weighted by Gasteiger charge is 2.22. The maximum absolute atomic E-state index is 4.25. The second kappa shape index (κ2) is 5.17. The van der Waals surface area contributed by atoms with Crippen LogP contribution < -0.4 is 5.32 Å². The minimum atomic E-state index is 0.456. The lowest BCUT2D eigenvalue weighted by Crippen LogP contribution is -2.15. The van der Waals surface area contributed by atoms with Crippen LogP contribution in [0.15, 0.2) is 24.5 Å². The minimum Gasteiger partial charge on any atom is -0.377 e. The molecule has 4 heteroatoms. The number of fused-ring (bicyclic) bond motifs is 1. The number of rotatable bonds is 2. The molecule has 2 aromatic heterocycles. The van der Waals surface area contributed by atoms with Crippen LogP contribution in [0.25, 0.3) is 0 Å². The molecule has 2 aromatic rings. The highest BCUT2D eigenvalue weighted by molar-refractivity contribution is 14.1. The number of aromatic nitrogens is 1. The molecule has 94 valence electrons. The minimum absolute atomic E-state index is 0.456. The molecule has 0 spiro atoms. The van der Waals surface area contributed by atoms with Crippen molar-refractivity contribution in [2.75, 3.05) is 5.32 Å². The molecule has 0 bridgehead atoms. The van der Waals surface area contributed by atoms with Gasteiger partial charge in [0.25, 0.3) is 0 Å². The zero-order valence-electron chi connectivity index (χ0n) is 10.2. The van der Waals surface area contributed by atoms with Gasteiger partial charge in [0, 0.05) is 17.3 Å². The van der Waals surface area contributed by atoms with Crippen molar-refractivity contribution in [1.29, 1.82) is 0 Å². The van der Waals surface area contributed by atoms with Crippen LogP contribution in [0.3, 0.4) is 0 Å². The highest BCUT2D eigenvalue weighted by atomic mass is 127. The van der Waals surface area contributed by atoms with Gasteiger partial charge >= 0.3 is 0 Å². The van der Waals surface area contributed by atoms with E-state index in [-0.39, 0.29) is 0 Å². The lowest BCUT2D eigenvalue weighted by Gasteiger charge is -2.24. The van der Waals surface area contributed by atoms with E-state index in [4.69, 9.17) is 0 Å². The van der Waals surface area contributed by atoms with Crippen molar-refractivity contribution in [3.8, 4) is 0 Å². The molecule has 1 atom stereocenters. The van der Waals surface area contributed by atoms with Crippen LogP contribution in [-0.4, -0.2) is 4.98 Å². The molecule has 0 saturated carbocycles. The second-order valence-electron chi connectivity index (χ2n) is 4.77. The molecule has 2 heterocycles. The number of hydrogen-bond acceptors (Lipinski definition) is 3. The quantitative estimate of drug-likeness (QED) is 0.785. The fraction of sp³-hybridized carbons (Fsp3) is 0.357. The molecule has 1 aliphatic carbocycles. The van der Waals surface area contributed by atoms with Crippen LogP contribution in [0.1, 0.15) is 34.9 Å². The number of hydrogen-bond donors (Lipinski definition) is 1. The Hall–Kier alpha value is -0.620. The van der Waals surface area contributed by atoms with E-state index in [1.165, 1.54) is 33.3 Å². The van der Waals surface area contributed by atoms with E-state index in [9.17, 15) is 0 Å². The first-order valence-electron chi connectivity index (χ1n) is 6.18. The zero-order chi connectivity index (χ0) is 12.5. The lowest BCUT2D eigenvalue weighted by molar-refractivity contribution is 0.608. The number of aryl methyl sites for hydroxylation is 2. The Kier molecular flexibility index (Phi) is 3.56. The summed E-state index contributed by atoms with van der Waals surface area (Å²) < 4.78 is 1.40. The summed E-state index contributed by atoms with van der Waals surface area (Å²) in [5.74, 6) is 0. The van der Waals surface area contributed by atoms with Gasteiger partial charge in [-0.1, -0.05) is 0 Å². The Morgan fingerprint density at radius 1 is 1.39 bits per heavy atom. The summed E-state index contributed by atoms with van der Waals surface area (Å²) in [7, 11) is 0. The van der Waals surface area contributed by atoms with Gasteiger partial charge in [0.2, 0.25) is 0 Å². The standard InChI is InChI=1S/C14H15IN2S/c1-9-5-10(8-16-7-9)17-12-3-2-4-13-11(12)6-14(15)18-13/h5-8,12,17H,2-4H2,1H3. The predicted octanol–water partition coefficient (Wildman–Crippen LogP) is 4.55. The van der Waals surface area contributed by atoms with Gasteiger partial charge in [-0.25, -0.2) is 0 Å². The molecule has 0 saturated heterocycles. The van der Waals surface area contributed by atoms with Gasteiger partial charge in [0.05, 0.1) is 14.6 Å². The molecule has 18 heavy (non-hydrogen) atoms. The van der Waals surface area contributed by atoms with Crippen molar-refractivity contribution in [3.63, 3.8) is 0 Å². The third-order valence-corrected chi connectivity index (χ3v) is 5.27. The second-order valence-corrected chi connectivity index (χ2v) is 7.80. The zero-order valence-corrected chi connectivity index (χ0v) is 13.2. The van der Waals surface area contributed by atoms with Crippen molar-refractivity contribution in [1.82, 2.24) is 4.98 Å². The largest absolute Gasteiger partial charge is 0.377 e. The summed E-state index contributed by atoms with van der Waals surface area (Å²) in [6.07, 6.45) is 7.55. The third-order valence-electron chi connectivity index (χ3n) is 3.30. The Balaban J connectivity index is 1.86. The molecule has 0 fully saturated rings. The van der Waals surface area contributed by atoms with Crippen LogP contribution in [0, 0.1) is 9.81 Å². The van der Waals surface area contributed by atoms with Crippen molar-refractivity contribution in [2.24, 2.45) is 0 Å². The normalized spacial score (nSPS) is 18.4. The molecular formula is C14H15IN2S. The molecule has 0 aromatic carbocycles. The molecule has 3 rings (SSSR count). The van der Waals surface area contributed by atoms with Gasteiger partial charge in [-0.05, 0) is 72.0 Å². The fourth-order valence-electron chi connectivity index (χ4n) is 2.51.